The molecule has 2 rings (SSSR count). The van der Waals surface area contributed by atoms with Gasteiger partial charge in [-0.05, 0) is 31.0 Å². The molecule has 0 bridgehead atoms. The van der Waals surface area contributed by atoms with Crippen LogP contribution in [0.2, 0.25) is 0 Å². The molecule has 1 aromatic carbocycles. The standard InChI is InChI=1S/C14H15F2N3O/c1-3-12-8(2)18-19-14(12)17-13(20)6-9-4-10(15)7-11(16)5-9/h4-5,7H,3,6H2,1-2H3,(H2,17,18,19,20). The van der Waals surface area contributed by atoms with E-state index in [1.807, 2.05) is 13.8 Å². The lowest BCUT2D eigenvalue weighted by Gasteiger charge is -2.05. The summed E-state index contributed by atoms with van der Waals surface area (Å²) in [6.07, 6.45) is 0.621. The van der Waals surface area contributed by atoms with Crippen molar-refractivity contribution in [2.75, 3.05) is 5.32 Å². The van der Waals surface area contributed by atoms with Crippen LogP contribution < -0.4 is 5.32 Å². The van der Waals surface area contributed by atoms with E-state index in [9.17, 15) is 13.6 Å². The second kappa shape index (κ2) is 5.81. The Morgan fingerprint density at radius 3 is 2.55 bits per heavy atom. The predicted octanol–water partition coefficient (Wildman–Crippen LogP) is 2.74. The molecule has 0 aliphatic carbocycles. The van der Waals surface area contributed by atoms with Crippen molar-refractivity contribution in [3.05, 3.63) is 46.7 Å². The topological polar surface area (TPSA) is 57.8 Å². The number of aromatic amines is 1. The number of benzene rings is 1. The van der Waals surface area contributed by atoms with Gasteiger partial charge in [-0.3, -0.25) is 9.89 Å². The average molecular weight is 279 g/mol. The van der Waals surface area contributed by atoms with Crippen molar-refractivity contribution in [2.24, 2.45) is 0 Å². The summed E-state index contributed by atoms with van der Waals surface area (Å²) in [5.74, 6) is -1.29. The van der Waals surface area contributed by atoms with Gasteiger partial charge in [-0.15, -0.1) is 0 Å². The first-order valence-corrected chi connectivity index (χ1v) is 6.28. The zero-order valence-electron chi connectivity index (χ0n) is 11.3. The quantitative estimate of drug-likeness (QED) is 0.904. The fraction of sp³-hybridized carbons (Fsp3) is 0.286. The van der Waals surface area contributed by atoms with E-state index in [0.29, 0.717) is 5.82 Å². The first-order valence-electron chi connectivity index (χ1n) is 6.28. The van der Waals surface area contributed by atoms with E-state index in [4.69, 9.17) is 0 Å². The van der Waals surface area contributed by atoms with E-state index in [1.54, 1.807) is 0 Å². The van der Waals surface area contributed by atoms with E-state index in [-0.39, 0.29) is 17.9 Å². The average Bonchev–Trinajstić information content (AvgIpc) is 2.68. The smallest absolute Gasteiger partial charge is 0.230 e. The maximum absolute atomic E-state index is 13.0. The Hall–Kier alpha value is -2.24. The largest absolute Gasteiger partial charge is 0.309 e. The minimum absolute atomic E-state index is 0.107. The summed E-state index contributed by atoms with van der Waals surface area (Å²) < 4.78 is 26.1. The summed E-state index contributed by atoms with van der Waals surface area (Å²) in [5, 5.41) is 9.43. The summed E-state index contributed by atoms with van der Waals surface area (Å²) in [6.45, 7) is 3.82. The third-order valence-corrected chi connectivity index (χ3v) is 2.97. The van der Waals surface area contributed by atoms with Crippen LogP contribution in [0.1, 0.15) is 23.7 Å². The van der Waals surface area contributed by atoms with E-state index in [0.717, 1.165) is 35.9 Å². The van der Waals surface area contributed by atoms with Gasteiger partial charge >= 0.3 is 0 Å². The van der Waals surface area contributed by atoms with Crippen molar-refractivity contribution in [1.29, 1.82) is 0 Å². The Morgan fingerprint density at radius 2 is 1.95 bits per heavy atom. The number of anilines is 1. The summed E-state index contributed by atoms with van der Waals surface area (Å²) in [4.78, 5) is 11.9. The number of aryl methyl sites for hydroxylation is 1. The van der Waals surface area contributed by atoms with Crippen LogP contribution in [-0.4, -0.2) is 16.1 Å². The van der Waals surface area contributed by atoms with E-state index in [1.165, 1.54) is 0 Å². The lowest BCUT2D eigenvalue weighted by molar-refractivity contribution is -0.115. The number of hydrogen-bond acceptors (Lipinski definition) is 2. The SMILES string of the molecule is CCc1c(NC(=O)Cc2cc(F)cc(F)c2)n[nH]c1C. The Balaban J connectivity index is 2.09. The zero-order valence-corrected chi connectivity index (χ0v) is 11.3. The number of carbonyl (C=O) groups is 1. The Morgan fingerprint density at radius 1 is 1.30 bits per heavy atom. The van der Waals surface area contributed by atoms with Crippen molar-refractivity contribution in [1.82, 2.24) is 10.2 Å². The van der Waals surface area contributed by atoms with Gasteiger partial charge in [-0.1, -0.05) is 6.92 Å². The summed E-state index contributed by atoms with van der Waals surface area (Å²) in [6, 6.07) is 3.05. The highest BCUT2D eigenvalue weighted by molar-refractivity contribution is 5.92. The molecule has 4 nitrogen and oxygen atoms in total. The number of H-pyrrole nitrogens is 1. The van der Waals surface area contributed by atoms with Gasteiger partial charge in [0.1, 0.15) is 11.6 Å². The zero-order chi connectivity index (χ0) is 14.7. The highest BCUT2D eigenvalue weighted by atomic mass is 19.1. The third-order valence-electron chi connectivity index (χ3n) is 2.97. The van der Waals surface area contributed by atoms with Gasteiger partial charge in [0.15, 0.2) is 5.82 Å². The van der Waals surface area contributed by atoms with Gasteiger partial charge in [-0.25, -0.2) is 8.78 Å². The van der Waals surface area contributed by atoms with Gasteiger partial charge in [0, 0.05) is 17.3 Å². The van der Waals surface area contributed by atoms with Crippen LogP contribution in [0, 0.1) is 18.6 Å². The Kier molecular flexibility index (Phi) is 4.12. The van der Waals surface area contributed by atoms with Crippen LogP contribution in [0.3, 0.4) is 0 Å². The van der Waals surface area contributed by atoms with Gasteiger partial charge in [-0.2, -0.15) is 5.10 Å². The highest BCUT2D eigenvalue weighted by Crippen LogP contribution is 2.17. The number of rotatable bonds is 4. The minimum Gasteiger partial charge on any atom is -0.309 e. The lowest BCUT2D eigenvalue weighted by atomic mass is 10.1. The van der Waals surface area contributed by atoms with Gasteiger partial charge in [0.05, 0.1) is 6.42 Å². The fourth-order valence-electron chi connectivity index (χ4n) is 2.06. The molecule has 20 heavy (non-hydrogen) atoms. The number of carbonyl (C=O) groups excluding carboxylic acids is 1. The maximum atomic E-state index is 13.0. The van der Waals surface area contributed by atoms with E-state index in [2.05, 4.69) is 15.5 Å². The van der Waals surface area contributed by atoms with Crippen LogP contribution in [0.25, 0.3) is 0 Å². The Labute approximate surface area is 115 Å². The molecule has 106 valence electrons. The molecule has 1 amide bonds. The molecular weight excluding hydrogens is 264 g/mol. The fourth-order valence-corrected chi connectivity index (χ4v) is 2.06. The van der Waals surface area contributed by atoms with E-state index >= 15 is 0 Å². The summed E-state index contributed by atoms with van der Waals surface area (Å²) >= 11 is 0. The van der Waals surface area contributed by atoms with Gasteiger partial charge in [0.2, 0.25) is 5.91 Å². The summed E-state index contributed by atoms with van der Waals surface area (Å²) in [5.41, 5.74) is 2.09. The molecule has 0 aliphatic rings. The molecular formula is C14H15F2N3O. The molecule has 0 aliphatic heterocycles. The Bertz CT molecular complexity index is 617. The second-order valence-electron chi connectivity index (χ2n) is 4.53. The number of aromatic nitrogens is 2. The first kappa shape index (κ1) is 14.2. The monoisotopic (exact) mass is 279 g/mol. The molecule has 2 N–H and O–H groups in total. The van der Waals surface area contributed by atoms with Crippen molar-refractivity contribution in [3.8, 4) is 0 Å². The van der Waals surface area contributed by atoms with Crippen molar-refractivity contribution in [3.63, 3.8) is 0 Å². The van der Waals surface area contributed by atoms with Crippen molar-refractivity contribution >= 4 is 11.7 Å². The molecule has 1 heterocycles. The molecule has 2 aromatic rings. The highest BCUT2D eigenvalue weighted by Gasteiger charge is 2.12. The van der Waals surface area contributed by atoms with Crippen molar-refractivity contribution < 1.29 is 13.6 Å². The number of nitrogens with zero attached hydrogens (tertiary/aromatic N) is 1. The molecule has 0 atom stereocenters. The van der Waals surface area contributed by atoms with Gasteiger partial charge in [0.25, 0.3) is 0 Å². The summed E-state index contributed by atoms with van der Waals surface area (Å²) in [7, 11) is 0. The molecule has 0 saturated carbocycles. The molecule has 0 spiro atoms. The van der Waals surface area contributed by atoms with Crippen LogP contribution in [0.15, 0.2) is 18.2 Å². The molecule has 0 unspecified atom stereocenters. The second-order valence-corrected chi connectivity index (χ2v) is 4.53. The molecule has 0 radical (unpaired) electrons. The van der Waals surface area contributed by atoms with Crippen LogP contribution >= 0.6 is 0 Å². The lowest BCUT2D eigenvalue weighted by Crippen LogP contribution is -2.16. The molecule has 0 saturated heterocycles. The third kappa shape index (κ3) is 3.20. The first-order chi connectivity index (χ1) is 9.49. The van der Waals surface area contributed by atoms with Crippen LogP contribution in [-0.2, 0) is 17.6 Å². The van der Waals surface area contributed by atoms with Crippen LogP contribution in [0.4, 0.5) is 14.6 Å². The molecule has 1 aromatic heterocycles. The number of nitrogens with one attached hydrogen (secondary N) is 2. The van der Waals surface area contributed by atoms with Crippen molar-refractivity contribution in [2.45, 2.75) is 26.7 Å². The maximum Gasteiger partial charge on any atom is 0.230 e. The normalized spacial score (nSPS) is 10.6. The number of hydrogen-bond donors (Lipinski definition) is 2. The minimum atomic E-state index is -0.697. The van der Waals surface area contributed by atoms with E-state index < -0.39 is 11.6 Å². The van der Waals surface area contributed by atoms with Crippen LogP contribution in [0.5, 0.6) is 0 Å². The molecule has 0 fully saturated rings. The number of amides is 1. The number of halogens is 2. The molecule has 6 heteroatoms. The van der Waals surface area contributed by atoms with Gasteiger partial charge < -0.3 is 5.32 Å². The predicted molar refractivity (Wildman–Crippen MR) is 71.4 cm³/mol.